The summed E-state index contributed by atoms with van der Waals surface area (Å²) >= 11 is 1.69. The minimum Gasteiger partial charge on any atom is -0.323 e. The van der Waals surface area contributed by atoms with E-state index in [-0.39, 0.29) is 5.91 Å². The van der Waals surface area contributed by atoms with Crippen LogP contribution in [-0.4, -0.2) is 22.9 Å². The molecule has 4 nitrogen and oxygen atoms in total. The molecule has 1 aromatic heterocycles. The molecule has 3 aromatic rings. The molecule has 0 radical (unpaired) electrons. The van der Waals surface area contributed by atoms with Gasteiger partial charge in [0.15, 0.2) is 0 Å². The average molecular weight is 335 g/mol. The number of hydrogen-bond acceptors (Lipinski definition) is 3. The number of nitrogens with zero attached hydrogens (tertiary/aromatic N) is 2. The van der Waals surface area contributed by atoms with Gasteiger partial charge in [0.1, 0.15) is 0 Å². The maximum absolute atomic E-state index is 12.4. The van der Waals surface area contributed by atoms with Gasteiger partial charge in [0.2, 0.25) is 0 Å². The second-order valence-electron chi connectivity index (χ2n) is 5.08. The molecule has 0 saturated heterocycles. The first-order chi connectivity index (χ1) is 11.8. The summed E-state index contributed by atoms with van der Waals surface area (Å²) in [4.78, 5) is 13.6. The van der Waals surface area contributed by atoms with Crippen LogP contribution in [0.2, 0.25) is 0 Å². The summed E-state index contributed by atoms with van der Waals surface area (Å²) in [6.45, 7) is 0. The number of benzene rings is 2. The molecule has 120 valence electrons. The van der Waals surface area contributed by atoms with Crippen LogP contribution in [0.1, 0.15) is 15.9 Å². The second kappa shape index (κ2) is 7.66. The molecule has 1 amide bonds. The lowest BCUT2D eigenvalue weighted by molar-refractivity contribution is 0.0955. The predicted octanol–water partition coefficient (Wildman–Crippen LogP) is 3.96. The second-order valence-corrected chi connectivity index (χ2v) is 5.96. The third-order valence-electron chi connectivity index (χ3n) is 3.53. The van der Waals surface area contributed by atoms with Gasteiger partial charge in [0.05, 0.1) is 17.5 Å². The van der Waals surface area contributed by atoms with E-state index in [2.05, 4.69) is 10.5 Å². The number of hydrogen-bond donors (Lipinski definition) is 1. The monoisotopic (exact) mass is 335 g/mol. The van der Waals surface area contributed by atoms with Gasteiger partial charge in [-0.05, 0) is 48.2 Å². The number of para-hydroxylation sites is 1. The van der Waals surface area contributed by atoms with Crippen molar-refractivity contribution in [3.05, 3.63) is 84.2 Å². The normalized spacial score (nSPS) is 10.9. The highest BCUT2D eigenvalue weighted by molar-refractivity contribution is 7.98. The Morgan fingerprint density at radius 2 is 1.75 bits per heavy atom. The standard InChI is InChI=1S/C19H17N3OS/c1-24-16-10-8-15(9-11-16)14-20-21-19(23)17-6-2-3-7-18(17)22-12-4-5-13-22/h2-14H,1H3,(H,21,23)/b20-14-. The van der Waals surface area contributed by atoms with Crippen LogP contribution in [0, 0.1) is 0 Å². The van der Waals surface area contributed by atoms with E-state index in [4.69, 9.17) is 0 Å². The Morgan fingerprint density at radius 3 is 2.46 bits per heavy atom. The number of carbonyl (C=O) groups excluding carboxylic acids is 1. The van der Waals surface area contributed by atoms with E-state index in [1.807, 2.05) is 77.8 Å². The fourth-order valence-electron chi connectivity index (χ4n) is 2.30. The molecule has 2 aromatic carbocycles. The van der Waals surface area contributed by atoms with Crippen molar-refractivity contribution in [2.45, 2.75) is 4.90 Å². The minimum absolute atomic E-state index is 0.240. The number of hydrazone groups is 1. The van der Waals surface area contributed by atoms with Crippen molar-refractivity contribution in [2.24, 2.45) is 5.10 Å². The highest BCUT2D eigenvalue weighted by Gasteiger charge is 2.10. The molecule has 1 N–H and O–H groups in total. The molecule has 5 heteroatoms. The molecule has 0 aliphatic carbocycles. The Morgan fingerprint density at radius 1 is 1.04 bits per heavy atom. The van der Waals surface area contributed by atoms with Gasteiger partial charge in [-0.15, -0.1) is 11.8 Å². The molecule has 0 unspecified atom stereocenters. The third kappa shape index (κ3) is 3.75. The SMILES string of the molecule is CSc1ccc(/C=N\NC(=O)c2ccccc2-n2cccc2)cc1. The van der Waals surface area contributed by atoms with E-state index in [9.17, 15) is 4.79 Å². The molecule has 0 aliphatic rings. The van der Waals surface area contributed by atoms with Crippen LogP contribution >= 0.6 is 11.8 Å². The first-order valence-electron chi connectivity index (χ1n) is 7.48. The Hall–Kier alpha value is -2.79. The van der Waals surface area contributed by atoms with Crippen molar-refractivity contribution in [3.8, 4) is 5.69 Å². The molecular weight excluding hydrogens is 318 g/mol. The van der Waals surface area contributed by atoms with Gasteiger partial charge in [-0.25, -0.2) is 5.43 Å². The topological polar surface area (TPSA) is 46.4 Å². The van der Waals surface area contributed by atoms with Crippen molar-refractivity contribution in [1.82, 2.24) is 9.99 Å². The van der Waals surface area contributed by atoms with E-state index in [1.54, 1.807) is 24.0 Å². The van der Waals surface area contributed by atoms with E-state index in [1.165, 1.54) is 4.90 Å². The smallest absolute Gasteiger partial charge is 0.273 e. The van der Waals surface area contributed by atoms with Crippen LogP contribution in [0.4, 0.5) is 0 Å². The van der Waals surface area contributed by atoms with Crippen LogP contribution in [0.15, 0.2) is 83.1 Å². The Bertz CT molecular complexity index is 839. The highest BCUT2D eigenvalue weighted by Crippen LogP contribution is 2.15. The van der Waals surface area contributed by atoms with E-state index in [0.717, 1.165) is 11.3 Å². The fourth-order valence-corrected chi connectivity index (χ4v) is 2.71. The number of amides is 1. The first-order valence-corrected chi connectivity index (χ1v) is 8.70. The molecule has 0 spiro atoms. The molecule has 3 rings (SSSR count). The van der Waals surface area contributed by atoms with Crippen molar-refractivity contribution in [3.63, 3.8) is 0 Å². The van der Waals surface area contributed by atoms with Gasteiger partial charge >= 0.3 is 0 Å². The summed E-state index contributed by atoms with van der Waals surface area (Å²) in [7, 11) is 0. The highest BCUT2D eigenvalue weighted by atomic mass is 32.2. The van der Waals surface area contributed by atoms with Crippen LogP contribution < -0.4 is 5.43 Å². The predicted molar refractivity (Wildman–Crippen MR) is 99.1 cm³/mol. The lowest BCUT2D eigenvalue weighted by Gasteiger charge is -2.08. The number of aromatic nitrogens is 1. The zero-order chi connectivity index (χ0) is 16.8. The van der Waals surface area contributed by atoms with Gasteiger partial charge in [-0.1, -0.05) is 24.3 Å². The lowest BCUT2D eigenvalue weighted by Crippen LogP contribution is -2.19. The summed E-state index contributed by atoms with van der Waals surface area (Å²) < 4.78 is 1.90. The summed E-state index contributed by atoms with van der Waals surface area (Å²) in [5.74, 6) is -0.240. The van der Waals surface area contributed by atoms with Crippen LogP contribution in [0.5, 0.6) is 0 Å². The third-order valence-corrected chi connectivity index (χ3v) is 4.27. The summed E-state index contributed by atoms with van der Waals surface area (Å²) in [5, 5.41) is 4.06. The fraction of sp³-hybridized carbons (Fsp3) is 0.0526. The van der Waals surface area contributed by atoms with E-state index in [0.29, 0.717) is 5.56 Å². The summed E-state index contributed by atoms with van der Waals surface area (Å²) in [5.41, 5.74) is 4.92. The Labute approximate surface area is 145 Å². The lowest BCUT2D eigenvalue weighted by atomic mass is 10.1. The minimum atomic E-state index is -0.240. The van der Waals surface area contributed by atoms with Crippen molar-refractivity contribution < 1.29 is 4.79 Å². The largest absolute Gasteiger partial charge is 0.323 e. The van der Waals surface area contributed by atoms with E-state index >= 15 is 0 Å². The number of nitrogens with one attached hydrogen (secondary N) is 1. The molecule has 24 heavy (non-hydrogen) atoms. The Balaban J connectivity index is 1.72. The van der Waals surface area contributed by atoms with Gasteiger partial charge < -0.3 is 4.57 Å². The maximum Gasteiger partial charge on any atom is 0.273 e. The van der Waals surface area contributed by atoms with Crippen LogP contribution in [0.3, 0.4) is 0 Å². The van der Waals surface area contributed by atoms with Gasteiger partial charge in [0, 0.05) is 17.3 Å². The van der Waals surface area contributed by atoms with Crippen molar-refractivity contribution in [1.29, 1.82) is 0 Å². The van der Waals surface area contributed by atoms with Crippen molar-refractivity contribution >= 4 is 23.9 Å². The summed E-state index contributed by atoms with van der Waals surface area (Å²) in [6.07, 6.45) is 7.48. The van der Waals surface area contributed by atoms with Gasteiger partial charge in [0.25, 0.3) is 5.91 Å². The van der Waals surface area contributed by atoms with Gasteiger partial charge in [-0.3, -0.25) is 4.79 Å². The first kappa shape index (κ1) is 16.1. The zero-order valence-electron chi connectivity index (χ0n) is 13.2. The van der Waals surface area contributed by atoms with Crippen molar-refractivity contribution in [2.75, 3.05) is 6.26 Å². The number of thioether (sulfide) groups is 1. The van der Waals surface area contributed by atoms with E-state index < -0.39 is 0 Å². The Kier molecular flexibility index (Phi) is 5.13. The molecular formula is C19H17N3OS. The average Bonchev–Trinajstić information content (AvgIpc) is 3.17. The molecule has 0 fully saturated rings. The molecule has 0 bridgehead atoms. The summed E-state index contributed by atoms with van der Waals surface area (Å²) in [6, 6.07) is 19.3. The van der Waals surface area contributed by atoms with Crippen LogP contribution in [-0.2, 0) is 0 Å². The molecule has 1 heterocycles. The van der Waals surface area contributed by atoms with Gasteiger partial charge in [-0.2, -0.15) is 5.10 Å². The number of carbonyl (C=O) groups is 1. The molecule has 0 aliphatic heterocycles. The zero-order valence-corrected chi connectivity index (χ0v) is 14.0. The molecule has 0 saturated carbocycles. The quantitative estimate of drug-likeness (QED) is 0.436. The molecule has 0 atom stereocenters. The number of rotatable bonds is 5. The van der Waals surface area contributed by atoms with Crippen LogP contribution in [0.25, 0.3) is 5.69 Å². The maximum atomic E-state index is 12.4.